The second-order valence-corrected chi connectivity index (χ2v) is 3.26. The molecule has 2 heteroatoms. The van der Waals surface area contributed by atoms with Gasteiger partial charge < -0.3 is 0 Å². The molecule has 0 aromatic carbocycles. The molecular formula is C9H20N2. The van der Waals surface area contributed by atoms with Gasteiger partial charge in [0.2, 0.25) is 0 Å². The van der Waals surface area contributed by atoms with Crippen LogP contribution in [-0.2, 0) is 0 Å². The molecule has 0 aliphatic heterocycles. The normalized spacial score (nSPS) is 16.0. The first-order valence-electron chi connectivity index (χ1n) is 4.25. The van der Waals surface area contributed by atoms with Crippen molar-refractivity contribution in [2.75, 3.05) is 0 Å². The summed E-state index contributed by atoms with van der Waals surface area (Å²) in [7, 11) is 0. The Morgan fingerprint density at radius 3 is 2.45 bits per heavy atom. The highest BCUT2D eigenvalue weighted by Crippen LogP contribution is 2.14. The van der Waals surface area contributed by atoms with Crippen LogP contribution < -0.4 is 11.3 Å². The van der Waals surface area contributed by atoms with Crippen LogP contribution >= 0.6 is 0 Å². The van der Waals surface area contributed by atoms with E-state index in [1.165, 1.54) is 12.8 Å². The summed E-state index contributed by atoms with van der Waals surface area (Å²) in [6, 6.07) is 0.273. The number of hydrogen-bond donors (Lipinski definition) is 2. The van der Waals surface area contributed by atoms with Crippen molar-refractivity contribution < 1.29 is 0 Å². The Labute approximate surface area is 69.8 Å². The number of nitrogens with one attached hydrogen (secondary N) is 1. The molecule has 0 saturated carbocycles. The van der Waals surface area contributed by atoms with Crippen molar-refractivity contribution in [3.63, 3.8) is 0 Å². The highest BCUT2D eigenvalue weighted by molar-refractivity contribution is 5.02. The Hall–Kier alpha value is -0.340. The molecule has 2 atom stereocenters. The van der Waals surface area contributed by atoms with Crippen LogP contribution in [0.15, 0.2) is 12.2 Å². The third kappa shape index (κ3) is 3.54. The van der Waals surface area contributed by atoms with Crippen LogP contribution in [0.1, 0.15) is 33.6 Å². The van der Waals surface area contributed by atoms with E-state index in [4.69, 9.17) is 5.84 Å². The average molecular weight is 156 g/mol. The van der Waals surface area contributed by atoms with Crippen molar-refractivity contribution in [3.05, 3.63) is 12.2 Å². The summed E-state index contributed by atoms with van der Waals surface area (Å²) in [5.41, 5.74) is 3.91. The molecule has 11 heavy (non-hydrogen) atoms. The number of hydrogen-bond acceptors (Lipinski definition) is 2. The Morgan fingerprint density at radius 1 is 1.64 bits per heavy atom. The minimum absolute atomic E-state index is 0.273. The van der Waals surface area contributed by atoms with Crippen molar-refractivity contribution in [2.24, 2.45) is 11.8 Å². The van der Waals surface area contributed by atoms with Gasteiger partial charge in [-0.3, -0.25) is 11.3 Å². The highest BCUT2D eigenvalue weighted by atomic mass is 15.2. The van der Waals surface area contributed by atoms with Gasteiger partial charge in [-0.15, -0.1) is 0 Å². The van der Waals surface area contributed by atoms with Crippen LogP contribution in [0.4, 0.5) is 0 Å². The molecule has 0 rings (SSSR count). The molecule has 0 spiro atoms. The van der Waals surface area contributed by atoms with Gasteiger partial charge in [-0.25, -0.2) is 0 Å². The van der Waals surface area contributed by atoms with Crippen molar-refractivity contribution in [3.8, 4) is 0 Å². The summed E-state index contributed by atoms with van der Waals surface area (Å²) >= 11 is 0. The quantitative estimate of drug-likeness (QED) is 0.362. The third-order valence-corrected chi connectivity index (χ3v) is 2.02. The van der Waals surface area contributed by atoms with E-state index in [1.807, 2.05) is 6.92 Å². The summed E-state index contributed by atoms with van der Waals surface area (Å²) in [4.78, 5) is 0. The standard InChI is InChI=1S/C9H20N2/c1-5-6-8(4)9(11-10)7(2)3/h8-9,11H,2,5-6,10H2,1,3-4H3. The number of nitrogens with two attached hydrogens (primary N) is 1. The van der Waals surface area contributed by atoms with Crippen LogP contribution in [0.25, 0.3) is 0 Å². The average Bonchev–Trinajstić information content (AvgIpc) is 1.88. The largest absolute Gasteiger partial charge is 0.271 e. The molecule has 2 nitrogen and oxygen atoms in total. The monoisotopic (exact) mass is 156 g/mol. The van der Waals surface area contributed by atoms with E-state index in [0.717, 1.165) is 5.57 Å². The maximum absolute atomic E-state index is 5.39. The molecule has 0 amide bonds. The lowest BCUT2D eigenvalue weighted by Gasteiger charge is -2.22. The van der Waals surface area contributed by atoms with Crippen molar-refractivity contribution >= 4 is 0 Å². The maximum Gasteiger partial charge on any atom is 0.0440 e. The Morgan fingerprint density at radius 2 is 2.18 bits per heavy atom. The molecule has 0 aromatic rings. The fourth-order valence-corrected chi connectivity index (χ4v) is 1.41. The molecule has 3 N–H and O–H groups in total. The SMILES string of the molecule is C=C(C)C(NN)C(C)CCC. The molecule has 0 fully saturated rings. The van der Waals surface area contributed by atoms with E-state index in [-0.39, 0.29) is 6.04 Å². The Balaban J connectivity index is 3.91. The number of hydrazine groups is 1. The van der Waals surface area contributed by atoms with Gasteiger partial charge in [0.15, 0.2) is 0 Å². The van der Waals surface area contributed by atoms with Gasteiger partial charge >= 0.3 is 0 Å². The predicted molar refractivity (Wildman–Crippen MR) is 50.0 cm³/mol. The van der Waals surface area contributed by atoms with Crippen molar-refractivity contribution in [1.82, 2.24) is 5.43 Å². The van der Waals surface area contributed by atoms with Gasteiger partial charge in [0.25, 0.3) is 0 Å². The lowest BCUT2D eigenvalue weighted by Crippen LogP contribution is -2.40. The molecule has 0 saturated heterocycles. The van der Waals surface area contributed by atoms with E-state index in [2.05, 4.69) is 25.9 Å². The Bertz CT molecular complexity index is 121. The zero-order valence-corrected chi connectivity index (χ0v) is 7.85. The zero-order chi connectivity index (χ0) is 8.85. The molecule has 0 aliphatic rings. The van der Waals surface area contributed by atoms with E-state index in [1.54, 1.807) is 0 Å². The van der Waals surface area contributed by atoms with Gasteiger partial charge in [0.05, 0.1) is 0 Å². The first kappa shape index (κ1) is 10.7. The molecule has 0 radical (unpaired) electrons. The van der Waals surface area contributed by atoms with Crippen molar-refractivity contribution in [2.45, 2.75) is 39.7 Å². The minimum atomic E-state index is 0.273. The Kier molecular flexibility index (Phi) is 5.16. The second-order valence-electron chi connectivity index (χ2n) is 3.26. The zero-order valence-electron chi connectivity index (χ0n) is 7.85. The minimum Gasteiger partial charge on any atom is -0.271 e. The molecule has 66 valence electrons. The van der Waals surface area contributed by atoms with E-state index < -0.39 is 0 Å². The summed E-state index contributed by atoms with van der Waals surface area (Å²) in [5, 5.41) is 0. The third-order valence-electron chi connectivity index (χ3n) is 2.02. The predicted octanol–water partition coefficient (Wildman–Crippen LogP) is 1.83. The lowest BCUT2D eigenvalue weighted by molar-refractivity contribution is 0.399. The smallest absolute Gasteiger partial charge is 0.0440 e. The van der Waals surface area contributed by atoms with Gasteiger partial charge in [0.1, 0.15) is 0 Å². The first-order chi connectivity index (χ1) is 5.13. The summed E-state index contributed by atoms with van der Waals surface area (Å²) in [6.07, 6.45) is 2.40. The summed E-state index contributed by atoms with van der Waals surface area (Å²) in [6.45, 7) is 10.3. The fraction of sp³-hybridized carbons (Fsp3) is 0.778. The molecule has 0 bridgehead atoms. The summed E-state index contributed by atoms with van der Waals surface area (Å²) < 4.78 is 0. The van der Waals surface area contributed by atoms with Gasteiger partial charge in [-0.1, -0.05) is 32.4 Å². The fourth-order valence-electron chi connectivity index (χ4n) is 1.41. The van der Waals surface area contributed by atoms with Gasteiger partial charge in [-0.2, -0.15) is 0 Å². The molecule has 0 aliphatic carbocycles. The van der Waals surface area contributed by atoms with Crippen LogP contribution in [0.3, 0.4) is 0 Å². The van der Waals surface area contributed by atoms with Crippen LogP contribution in [-0.4, -0.2) is 6.04 Å². The second kappa shape index (κ2) is 5.33. The van der Waals surface area contributed by atoms with Crippen molar-refractivity contribution in [1.29, 1.82) is 0 Å². The van der Waals surface area contributed by atoms with E-state index >= 15 is 0 Å². The van der Waals surface area contributed by atoms with E-state index in [9.17, 15) is 0 Å². The van der Waals surface area contributed by atoms with Crippen LogP contribution in [0, 0.1) is 5.92 Å². The topological polar surface area (TPSA) is 38.0 Å². The van der Waals surface area contributed by atoms with Crippen LogP contribution in [0.2, 0.25) is 0 Å². The maximum atomic E-state index is 5.39. The first-order valence-corrected chi connectivity index (χ1v) is 4.25. The number of rotatable bonds is 5. The van der Waals surface area contributed by atoms with Crippen LogP contribution in [0.5, 0.6) is 0 Å². The summed E-state index contributed by atoms with van der Waals surface area (Å²) in [5.74, 6) is 5.98. The van der Waals surface area contributed by atoms with E-state index in [0.29, 0.717) is 5.92 Å². The highest BCUT2D eigenvalue weighted by Gasteiger charge is 2.14. The lowest BCUT2D eigenvalue weighted by atomic mass is 9.93. The molecule has 2 unspecified atom stereocenters. The van der Waals surface area contributed by atoms with Gasteiger partial charge in [-0.05, 0) is 19.3 Å². The molecule has 0 aromatic heterocycles. The molecular weight excluding hydrogens is 136 g/mol. The van der Waals surface area contributed by atoms with Gasteiger partial charge in [0, 0.05) is 6.04 Å². The molecule has 0 heterocycles.